The van der Waals surface area contributed by atoms with Crippen molar-refractivity contribution >= 4 is 5.97 Å². The highest BCUT2D eigenvalue weighted by Crippen LogP contribution is 2.74. The highest BCUT2D eigenvalue weighted by Gasteiger charge is 2.69. The minimum Gasteiger partial charge on any atom is -0.481 e. The standard InChI is InChI=1S/C29H44O5/c1-17-8-11-29(24(33)34)13-12-27(4)18(19(29)14-17)6-7-22-25(2)15-20(31)23(32)26(3,16-30)21(25)9-10-28(22,27)5/h6,14,17,20-23,30-32H,7-13,15-16H2,1-5H3,(H,33,34)/t17-,20-,21-,22-,23+,25+,26+,27-,28-,29+/m1/s1. The molecule has 0 amide bonds. The van der Waals surface area contributed by atoms with Gasteiger partial charge < -0.3 is 20.4 Å². The summed E-state index contributed by atoms with van der Waals surface area (Å²) in [7, 11) is 0. The second kappa shape index (κ2) is 7.43. The summed E-state index contributed by atoms with van der Waals surface area (Å²) in [6.45, 7) is 11.1. The van der Waals surface area contributed by atoms with E-state index in [2.05, 4.69) is 39.8 Å². The molecule has 190 valence electrons. The lowest BCUT2D eigenvalue weighted by Gasteiger charge is -2.70. The number of hydrogen-bond donors (Lipinski definition) is 4. The van der Waals surface area contributed by atoms with E-state index in [4.69, 9.17) is 0 Å². The van der Waals surface area contributed by atoms with Crippen LogP contribution in [0.2, 0.25) is 0 Å². The van der Waals surface area contributed by atoms with Gasteiger partial charge in [-0.1, -0.05) is 46.8 Å². The summed E-state index contributed by atoms with van der Waals surface area (Å²) in [6, 6.07) is 0. The van der Waals surface area contributed by atoms with Crippen LogP contribution in [0.25, 0.3) is 0 Å². The summed E-state index contributed by atoms with van der Waals surface area (Å²) in [5.41, 5.74) is 0.529. The molecule has 4 N–H and O–H groups in total. The lowest BCUT2D eigenvalue weighted by molar-refractivity contribution is -0.240. The van der Waals surface area contributed by atoms with E-state index in [-0.39, 0.29) is 28.8 Å². The predicted molar refractivity (Wildman–Crippen MR) is 131 cm³/mol. The van der Waals surface area contributed by atoms with Crippen molar-refractivity contribution in [2.45, 2.75) is 98.2 Å². The maximum Gasteiger partial charge on any atom is 0.314 e. The van der Waals surface area contributed by atoms with Crippen LogP contribution < -0.4 is 0 Å². The SMILES string of the molecule is C[C@H]1C=C2C3=CC[C@@H]4[C@@]5(C)C[C@@H](O)[C@H](O)[C@@](C)(CO)[C@@H]5CC[C@@]4(C)[C@]3(C)CC[C@@]2(C(=O)O)CC1. The lowest BCUT2D eigenvalue weighted by Crippen LogP contribution is -2.67. The summed E-state index contributed by atoms with van der Waals surface area (Å²) in [4.78, 5) is 12.6. The number of carboxylic acid groups (broad SMARTS) is 1. The maximum atomic E-state index is 12.6. The smallest absolute Gasteiger partial charge is 0.314 e. The quantitative estimate of drug-likeness (QED) is 0.467. The van der Waals surface area contributed by atoms with Crippen molar-refractivity contribution in [3.8, 4) is 0 Å². The average molecular weight is 473 g/mol. The zero-order chi connectivity index (χ0) is 24.9. The second-order valence-electron chi connectivity index (χ2n) is 13.6. The van der Waals surface area contributed by atoms with Crippen LogP contribution in [0.3, 0.4) is 0 Å². The van der Waals surface area contributed by atoms with Crippen LogP contribution in [0.15, 0.2) is 23.3 Å². The van der Waals surface area contributed by atoms with Crippen LogP contribution in [-0.4, -0.2) is 45.2 Å². The molecule has 0 aromatic heterocycles. The number of carboxylic acids is 1. The molecule has 10 atom stereocenters. The minimum atomic E-state index is -0.912. The van der Waals surface area contributed by atoms with E-state index in [0.717, 1.165) is 44.1 Å². The number of allylic oxidation sites excluding steroid dienone is 3. The number of rotatable bonds is 2. The fraction of sp³-hybridized carbons (Fsp3) is 0.828. The Balaban J connectivity index is 1.63. The molecule has 3 fully saturated rings. The predicted octanol–water partition coefficient (Wildman–Crippen LogP) is 4.71. The fourth-order valence-electron chi connectivity index (χ4n) is 10.0. The molecule has 5 heteroatoms. The van der Waals surface area contributed by atoms with Gasteiger partial charge in [0.1, 0.15) is 0 Å². The van der Waals surface area contributed by atoms with Crippen LogP contribution in [0.5, 0.6) is 0 Å². The van der Waals surface area contributed by atoms with E-state index < -0.39 is 29.0 Å². The first-order valence-electron chi connectivity index (χ1n) is 13.4. The molecule has 5 aliphatic carbocycles. The van der Waals surface area contributed by atoms with Crippen LogP contribution in [0.4, 0.5) is 0 Å². The molecular weight excluding hydrogens is 428 g/mol. The van der Waals surface area contributed by atoms with E-state index in [1.165, 1.54) is 5.57 Å². The number of carbonyl (C=O) groups is 1. The molecule has 0 spiro atoms. The van der Waals surface area contributed by atoms with Gasteiger partial charge in [0.15, 0.2) is 0 Å². The van der Waals surface area contributed by atoms with Gasteiger partial charge in [0, 0.05) is 5.41 Å². The Kier molecular flexibility index (Phi) is 5.36. The van der Waals surface area contributed by atoms with Crippen molar-refractivity contribution < 1.29 is 25.2 Å². The van der Waals surface area contributed by atoms with E-state index in [0.29, 0.717) is 24.7 Å². The van der Waals surface area contributed by atoms with E-state index in [9.17, 15) is 25.2 Å². The summed E-state index contributed by atoms with van der Waals surface area (Å²) in [5, 5.41) is 42.6. The largest absolute Gasteiger partial charge is 0.481 e. The second-order valence-corrected chi connectivity index (χ2v) is 13.6. The highest BCUT2D eigenvalue weighted by molar-refractivity contribution is 5.82. The monoisotopic (exact) mass is 472 g/mol. The molecule has 0 aromatic carbocycles. The minimum absolute atomic E-state index is 0.0348. The van der Waals surface area contributed by atoms with Crippen molar-refractivity contribution in [3.05, 3.63) is 23.3 Å². The number of hydrogen-bond acceptors (Lipinski definition) is 4. The molecule has 0 bridgehead atoms. The van der Waals surface area contributed by atoms with Crippen LogP contribution in [0, 0.1) is 44.8 Å². The van der Waals surface area contributed by atoms with Gasteiger partial charge in [-0.15, -0.1) is 0 Å². The molecule has 5 aliphatic rings. The average Bonchev–Trinajstić information content (AvgIpc) is 2.77. The van der Waals surface area contributed by atoms with Crippen molar-refractivity contribution in [1.82, 2.24) is 0 Å². The maximum absolute atomic E-state index is 12.6. The summed E-state index contributed by atoms with van der Waals surface area (Å²) < 4.78 is 0. The Bertz CT molecular complexity index is 954. The van der Waals surface area contributed by atoms with Crippen molar-refractivity contribution in [1.29, 1.82) is 0 Å². The Morgan fingerprint density at radius 3 is 2.35 bits per heavy atom. The molecule has 0 radical (unpaired) electrons. The third-order valence-electron chi connectivity index (χ3n) is 12.3. The van der Waals surface area contributed by atoms with Crippen LogP contribution in [0.1, 0.15) is 86.0 Å². The fourth-order valence-corrected chi connectivity index (χ4v) is 10.0. The van der Waals surface area contributed by atoms with Gasteiger partial charge in [-0.2, -0.15) is 0 Å². The zero-order valence-electron chi connectivity index (χ0n) is 21.6. The number of aliphatic hydroxyl groups excluding tert-OH is 3. The van der Waals surface area contributed by atoms with E-state index in [1.54, 1.807) is 0 Å². The summed E-state index contributed by atoms with van der Waals surface area (Å²) >= 11 is 0. The molecule has 5 rings (SSSR count). The molecule has 3 saturated carbocycles. The van der Waals surface area contributed by atoms with Crippen molar-refractivity contribution in [2.75, 3.05) is 6.61 Å². The number of aliphatic hydroxyl groups is 3. The molecular formula is C29H44O5. The van der Waals surface area contributed by atoms with E-state index in [1.807, 2.05) is 6.92 Å². The normalized spacial score (nSPS) is 54.5. The van der Waals surface area contributed by atoms with Crippen LogP contribution in [-0.2, 0) is 4.79 Å². The van der Waals surface area contributed by atoms with Gasteiger partial charge in [0.25, 0.3) is 0 Å². The summed E-state index contributed by atoms with van der Waals surface area (Å²) in [6.07, 6.45) is 9.39. The van der Waals surface area contributed by atoms with Gasteiger partial charge >= 0.3 is 5.97 Å². The Morgan fingerprint density at radius 2 is 1.71 bits per heavy atom. The molecule has 0 unspecified atom stereocenters. The van der Waals surface area contributed by atoms with Gasteiger partial charge in [-0.3, -0.25) is 4.79 Å². The highest BCUT2D eigenvalue weighted by atomic mass is 16.4. The topological polar surface area (TPSA) is 98.0 Å². The number of fused-ring (bicyclic) bond motifs is 7. The molecule has 0 heterocycles. The molecule has 34 heavy (non-hydrogen) atoms. The first-order valence-corrected chi connectivity index (χ1v) is 13.4. The first kappa shape index (κ1) is 24.5. The molecule has 0 aromatic rings. The number of aliphatic carboxylic acids is 1. The third kappa shape index (κ3) is 2.75. The van der Waals surface area contributed by atoms with Crippen LogP contribution >= 0.6 is 0 Å². The summed E-state index contributed by atoms with van der Waals surface area (Å²) in [5.74, 6) is 0.166. The zero-order valence-corrected chi connectivity index (χ0v) is 21.6. The van der Waals surface area contributed by atoms with E-state index >= 15 is 0 Å². The molecule has 0 aliphatic heterocycles. The van der Waals surface area contributed by atoms with Crippen molar-refractivity contribution in [2.24, 2.45) is 44.8 Å². The first-order chi connectivity index (χ1) is 15.8. The van der Waals surface area contributed by atoms with Gasteiger partial charge in [0.05, 0.1) is 24.2 Å². The van der Waals surface area contributed by atoms with Gasteiger partial charge in [-0.05, 0) is 96.5 Å². The van der Waals surface area contributed by atoms with Crippen molar-refractivity contribution in [3.63, 3.8) is 0 Å². The van der Waals surface area contributed by atoms with Gasteiger partial charge in [-0.25, -0.2) is 0 Å². The molecule has 5 nitrogen and oxygen atoms in total. The lowest BCUT2D eigenvalue weighted by atomic mass is 9.34. The Labute approximate surface area is 204 Å². The third-order valence-corrected chi connectivity index (χ3v) is 12.3. The Morgan fingerprint density at radius 1 is 1.00 bits per heavy atom. The molecule has 0 saturated heterocycles. The van der Waals surface area contributed by atoms with Gasteiger partial charge in [0.2, 0.25) is 0 Å². The Hall–Kier alpha value is -1.17.